The normalized spacial score (nSPS) is 12.0. The van der Waals surface area contributed by atoms with E-state index in [0.717, 1.165) is 33.5 Å². The number of aromatic nitrogens is 4. The summed E-state index contributed by atoms with van der Waals surface area (Å²) in [6.07, 6.45) is 3.75. The first-order valence-electron chi connectivity index (χ1n) is 8.19. The number of nitrogens with zero attached hydrogens (tertiary/aromatic N) is 5. The molecule has 0 N–H and O–H groups in total. The summed E-state index contributed by atoms with van der Waals surface area (Å²) in [5.74, 6) is 1.04. The first-order chi connectivity index (χ1) is 11.9. The van der Waals surface area contributed by atoms with Gasteiger partial charge in [0.1, 0.15) is 16.9 Å². The molecular formula is C19H21N5S. The van der Waals surface area contributed by atoms with Gasteiger partial charge in [-0.15, -0.1) is 11.3 Å². The summed E-state index contributed by atoms with van der Waals surface area (Å²) in [7, 11) is 0. The lowest BCUT2D eigenvalue weighted by Crippen LogP contribution is -2.11. The Labute approximate surface area is 151 Å². The Hall–Kier alpha value is -2.65. The summed E-state index contributed by atoms with van der Waals surface area (Å²) in [5, 5.41) is 16.7. The quantitative estimate of drug-likeness (QED) is 0.640. The van der Waals surface area contributed by atoms with E-state index in [4.69, 9.17) is 0 Å². The Kier molecular flexibility index (Phi) is 4.60. The highest BCUT2D eigenvalue weighted by Gasteiger charge is 2.15. The molecule has 25 heavy (non-hydrogen) atoms. The molecule has 0 spiro atoms. The van der Waals surface area contributed by atoms with E-state index >= 15 is 0 Å². The van der Waals surface area contributed by atoms with Crippen molar-refractivity contribution in [2.45, 2.75) is 40.7 Å². The molecule has 3 heterocycles. The fraction of sp³-hybridized carbons (Fsp3) is 0.316. The van der Waals surface area contributed by atoms with Crippen molar-refractivity contribution in [2.24, 2.45) is 0 Å². The Morgan fingerprint density at radius 1 is 1.32 bits per heavy atom. The van der Waals surface area contributed by atoms with Crippen molar-refractivity contribution in [2.75, 3.05) is 0 Å². The third-order valence-electron chi connectivity index (χ3n) is 4.11. The molecule has 3 rings (SSSR count). The molecule has 0 amide bonds. The van der Waals surface area contributed by atoms with E-state index < -0.39 is 0 Å². The summed E-state index contributed by atoms with van der Waals surface area (Å²) in [4.78, 5) is 4.43. The van der Waals surface area contributed by atoms with Gasteiger partial charge in [0.05, 0.1) is 11.8 Å². The van der Waals surface area contributed by atoms with Crippen LogP contribution < -0.4 is 0 Å². The van der Waals surface area contributed by atoms with Crippen LogP contribution in [0.3, 0.4) is 0 Å². The van der Waals surface area contributed by atoms with Crippen LogP contribution in [0.25, 0.3) is 17.5 Å². The molecular weight excluding hydrogens is 330 g/mol. The topological polar surface area (TPSA) is 59.4 Å². The SMILES string of the molecule is Cc1csc(/C(C#N)=C/c2cc(C)n(-c3ccnn3C(C)C)c2C)n1. The zero-order valence-electron chi connectivity index (χ0n) is 15.1. The number of thiazole rings is 1. The highest BCUT2D eigenvalue weighted by Crippen LogP contribution is 2.27. The summed E-state index contributed by atoms with van der Waals surface area (Å²) < 4.78 is 4.18. The molecule has 0 fully saturated rings. The average molecular weight is 351 g/mol. The van der Waals surface area contributed by atoms with Crippen molar-refractivity contribution < 1.29 is 0 Å². The van der Waals surface area contributed by atoms with Gasteiger partial charge in [0.25, 0.3) is 0 Å². The number of rotatable bonds is 4. The van der Waals surface area contributed by atoms with Gasteiger partial charge in [-0.25, -0.2) is 9.67 Å². The van der Waals surface area contributed by atoms with E-state index in [9.17, 15) is 5.26 Å². The first kappa shape index (κ1) is 17.2. The van der Waals surface area contributed by atoms with E-state index in [-0.39, 0.29) is 6.04 Å². The molecule has 0 aromatic carbocycles. The number of hydrogen-bond acceptors (Lipinski definition) is 4. The van der Waals surface area contributed by atoms with Gasteiger partial charge < -0.3 is 4.57 Å². The molecule has 3 aromatic heterocycles. The van der Waals surface area contributed by atoms with Crippen LogP contribution in [-0.2, 0) is 0 Å². The van der Waals surface area contributed by atoms with Crippen LogP contribution in [0.15, 0.2) is 23.7 Å². The second-order valence-corrected chi connectivity index (χ2v) is 7.21. The Balaban J connectivity index is 2.10. The van der Waals surface area contributed by atoms with Crippen molar-refractivity contribution >= 4 is 23.0 Å². The smallest absolute Gasteiger partial charge is 0.135 e. The molecule has 3 aromatic rings. The van der Waals surface area contributed by atoms with E-state index in [1.54, 1.807) is 0 Å². The average Bonchev–Trinajstić information content (AvgIpc) is 3.25. The van der Waals surface area contributed by atoms with Gasteiger partial charge in [0.2, 0.25) is 0 Å². The first-order valence-corrected chi connectivity index (χ1v) is 9.07. The number of nitriles is 1. The van der Waals surface area contributed by atoms with Gasteiger partial charge in [-0.3, -0.25) is 0 Å². The monoisotopic (exact) mass is 351 g/mol. The molecule has 0 radical (unpaired) electrons. The third-order valence-corrected chi connectivity index (χ3v) is 5.10. The van der Waals surface area contributed by atoms with Gasteiger partial charge >= 0.3 is 0 Å². The molecule has 0 atom stereocenters. The van der Waals surface area contributed by atoms with Crippen molar-refractivity contribution in [3.8, 4) is 11.9 Å². The minimum Gasteiger partial charge on any atom is -0.303 e. The van der Waals surface area contributed by atoms with Gasteiger partial charge in [-0.2, -0.15) is 10.4 Å². The van der Waals surface area contributed by atoms with Crippen molar-refractivity contribution in [1.82, 2.24) is 19.3 Å². The van der Waals surface area contributed by atoms with E-state index in [0.29, 0.717) is 5.57 Å². The maximum Gasteiger partial charge on any atom is 0.135 e. The number of aryl methyl sites for hydroxylation is 2. The molecule has 0 saturated carbocycles. The largest absolute Gasteiger partial charge is 0.303 e. The predicted molar refractivity (Wildman–Crippen MR) is 102 cm³/mol. The fourth-order valence-electron chi connectivity index (χ4n) is 2.94. The minimum absolute atomic E-state index is 0.276. The summed E-state index contributed by atoms with van der Waals surface area (Å²) >= 11 is 1.50. The molecule has 0 saturated heterocycles. The number of allylic oxidation sites excluding steroid dienone is 1. The molecule has 0 aliphatic carbocycles. The van der Waals surface area contributed by atoms with E-state index in [1.165, 1.54) is 11.3 Å². The molecule has 0 aliphatic rings. The fourth-order valence-corrected chi connectivity index (χ4v) is 3.71. The minimum atomic E-state index is 0.276. The van der Waals surface area contributed by atoms with Crippen LogP contribution >= 0.6 is 11.3 Å². The Morgan fingerprint density at radius 2 is 2.08 bits per heavy atom. The second kappa shape index (κ2) is 6.69. The molecule has 128 valence electrons. The second-order valence-electron chi connectivity index (χ2n) is 6.35. The van der Waals surface area contributed by atoms with Gasteiger partial charge in [0.15, 0.2) is 0 Å². The summed E-state index contributed by atoms with van der Waals surface area (Å²) in [6, 6.07) is 6.68. The van der Waals surface area contributed by atoms with Crippen molar-refractivity contribution in [3.05, 3.63) is 51.4 Å². The maximum atomic E-state index is 9.55. The maximum absolute atomic E-state index is 9.55. The molecule has 6 heteroatoms. The van der Waals surface area contributed by atoms with Crippen LogP contribution in [0.5, 0.6) is 0 Å². The Morgan fingerprint density at radius 3 is 2.68 bits per heavy atom. The van der Waals surface area contributed by atoms with Crippen molar-refractivity contribution in [1.29, 1.82) is 5.26 Å². The molecule has 5 nitrogen and oxygen atoms in total. The van der Waals surface area contributed by atoms with E-state index in [1.807, 2.05) is 35.3 Å². The molecule has 0 aliphatic heterocycles. The zero-order chi connectivity index (χ0) is 18.1. The van der Waals surface area contributed by atoms with Crippen molar-refractivity contribution in [3.63, 3.8) is 0 Å². The number of hydrogen-bond donors (Lipinski definition) is 0. The Bertz CT molecular complexity index is 978. The summed E-state index contributed by atoms with van der Waals surface area (Å²) in [5.41, 5.74) is 4.75. The van der Waals surface area contributed by atoms with Gasteiger partial charge in [-0.1, -0.05) is 0 Å². The highest BCUT2D eigenvalue weighted by atomic mass is 32.1. The lowest BCUT2D eigenvalue weighted by atomic mass is 10.1. The van der Waals surface area contributed by atoms with Gasteiger partial charge in [-0.05, 0) is 52.3 Å². The molecule has 0 unspecified atom stereocenters. The lowest BCUT2D eigenvalue weighted by Gasteiger charge is -2.15. The third kappa shape index (κ3) is 3.15. The van der Waals surface area contributed by atoms with Crippen LogP contribution in [-0.4, -0.2) is 19.3 Å². The highest BCUT2D eigenvalue weighted by molar-refractivity contribution is 7.11. The standard InChI is InChI=1S/C19H21N5S/c1-12(2)24-18(6-7-21-24)23-14(4)8-16(15(23)5)9-17(10-20)19-22-13(3)11-25-19/h6-9,11-12H,1-5H3/b17-9+. The van der Waals surface area contributed by atoms with E-state index in [2.05, 4.69) is 54.5 Å². The molecule has 0 bridgehead atoms. The van der Waals surface area contributed by atoms with Crippen LogP contribution in [0.4, 0.5) is 0 Å². The summed E-state index contributed by atoms with van der Waals surface area (Å²) in [6.45, 7) is 10.3. The lowest BCUT2D eigenvalue weighted by molar-refractivity contribution is 0.519. The van der Waals surface area contributed by atoms with Gasteiger partial charge in [0, 0.05) is 34.6 Å². The van der Waals surface area contributed by atoms with Crippen LogP contribution in [0, 0.1) is 32.1 Å². The predicted octanol–water partition coefficient (Wildman–Crippen LogP) is 4.70. The van der Waals surface area contributed by atoms with Crippen LogP contribution in [0.1, 0.15) is 47.5 Å². The van der Waals surface area contributed by atoms with Crippen LogP contribution in [0.2, 0.25) is 0 Å². The zero-order valence-corrected chi connectivity index (χ0v) is 15.9.